The maximum absolute atomic E-state index is 2.42. The molecule has 69 valence electrons. The predicted octanol–water partition coefficient (Wildman–Crippen LogP) is 3.55. The molecule has 1 radical (unpaired) electrons. The van der Waals surface area contributed by atoms with Crippen LogP contribution in [0.3, 0.4) is 0 Å². The Morgan fingerprint density at radius 1 is 1.00 bits per heavy atom. The van der Waals surface area contributed by atoms with E-state index in [0.29, 0.717) is 0 Å². The Kier molecular flexibility index (Phi) is 4.62. The van der Waals surface area contributed by atoms with E-state index < -0.39 is 0 Å². The Bertz CT molecular complexity index is 224. The summed E-state index contributed by atoms with van der Waals surface area (Å²) < 4.78 is 0. The van der Waals surface area contributed by atoms with Crippen LogP contribution in [-0.4, -0.2) is 0 Å². The van der Waals surface area contributed by atoms with Crippen molar-refractivity contribution in [2.75, 3.05) is 0 Å². The first-order valence-corrected chi connectivity index (χ1v) is 4.83. The molecule has 0 aliphatic heterocycles. The predicted molar refractivity (Wildman–Crippen MR) is 52.0 cm³/mol. The topological polar surface area (TPSA) is 0 Å². The van der Waals surface area contributed by atoms with Crippen LogP contribution in [0.25, 0.3) is 0 Å². The Morgan fingerprint density at radius 3 is 2.23 bits per heavy atom. The van der Waals surface area contributed by atoms with Crippen molar-refractivity contribution in [3.8, 4) is 0 Å². The zero-order chi connectivity index (χ0) is 8.23. The third kappa shape index (κ3) is 2.89. The smallest absolute Gasteiger partial charge is 0 e. The van der Waals surface area contributed by atoms with Crippen molar-refractivity contribution in [1.29, 1.82) is 0 Å². The minimum absolute atomic E-state index is 0. The van der Waals surface area contributed by atoms with E-state index in [-0.39, 0.29) is 18.6 Å². The van der Waals surface area contributed by atoms with Crippen LogP contribution in [0.2, 0.25) is 0 Å². The summed E-state index contributed by atoms with van der Waals surface area (Å²) in [6.07, 6.45) is 7.73. The first-order valence-electron chi connectivity index (χ1n) is 4.83. The molecule has 0 saturated heterocycles. The fourth-order valence-electron chi connectivity index (χ4n) is 1.99. The van der Waals surface area contributed by atoms with Crippen molar-refractivity contribution in [3.05, 3.63) is 42.3 Å². The van der Waals surface area contributed by atoms with Crippen molar-refractivity contribution in [1.82, 2.24) is 0 Å². The van der Waals surface area contributed by atoms with Gasteiger partial charge in [-0.15, -0.1) is 0 Å². The Morgan fingerprint density at radius 2 is 1.62 bits per heavy atom. The van der Waals surface area contributed by atoms with Crippen LogP contribution in [-0.2, 0) is 18.6 Å². The minimum Gasteiger partial charge on any atom is -0.328 e. The summed E-state index contributed by atoms with van der Waals surface area (Å²) in [6, 6.07) is 10.9. The molecule has 0 unspecified atom stereocenters. The molecule has 0 bridgehead atoms. The van der Waals surface area contributed by atoms with Crippen molar-refractivity contribution >= 4 is 0 Å². The molecule has 1 fully saturated rings. The van der Waals surface area contributed by atoms with Gasteiger partial charge in [-0.3, -0.25) is 0 Å². The van der Waals surface area contributed by atoms with Gasteiger partial charge in [-0.1, -0.05) is 43.2 Å². The first-order chi connectivity index (χ1) is 5.97. The zero-order valence-corrected chi connectivity index (χ0v) is 9.21. The van der Waals surface area contributed by atoms with Gasteiger partial charge < -0.3 is 6.42 Å². The molecular weight excluding hydrogens is 195 g/mol. The van der Waals surface area contributed by atoms with Crippen LogP contribution in [0.15, 0.2) is 30.3 Å². The van der Waals surface area contributed by atoms with Crippen LogP contribution >= 0.6 is 0 Å². The fourth-order valence-corrected chi connectivity index (χ4v) is 1.99. The minimum atomic E-state index is 0. The van der Waals surface area contributed by atoms with E-state index in [1.807, 2.05) is 0 Å². The second-order valence-corrected chi connectivity index (χ2v) is 3.55. The van der Waals surface area contributed by atoms with Gasteiger partial charge in [-0.2, -0.15) is 12.8 Å². The van der Waals surface area contributed by atoms with Gasteiger partial charge in [-0.25, -0.2) is 0 Å². The van der Waals surface area contributed by atoms with Gasteiger partial charge in [0.15, 0.2) is 0 Å². The first kappa shape index (κ1) is 10.9. The molecule has 0 spiro atoms. The van der Waals surface area contributed by atoms with E-state index in [2.05, 4.69) is 36.8 Å². The normalized spacial score (nSPS) is 17.8. The van der Waals surface area contributed by atoms with Crippen molar-refractivity contribution in [2.24, 2.45) is 0 Å². The summed E-state index contributed by atoms with van der Waals surface area (Å²) in [5.41, 5.74) is 1.53. The molecule has 0 heterocycles. The summed E-state index contributed by atoms with van der Waals surface area (Å²) in [6.45, 7) is 0. The number of rotatable bonds is 1. The molecule has 0 atom stereocenters. The van der Waals surface area contributed by atoms with Gasteiger partial charge in [0.05, 0.1) is 0 Å². The molecule has 1 aromatic rings. The standard InChI is InChI=1S/C12H15.V/c1-3-7-11(8-4-1)12-9-5-2-6-10-12;/h1-4,7-8,12H,5-6,9-10H2;/q-1;. The van der Waals surface area contributed by atoms with Gasteiger partial charge in [-0.05, 0) is 11.5 Å². The third-order valence-corrected chi connectivity index (χ3v) is 2.71. The van der Waals surface area contributed by atoms with Gasteiger partial charge >= 0.3 is 0 Å². The van der Waals surface area contributed by atoms with Crippen molar-refractivity contribution in [2.45, 2.75) is 31.6 Å². The van der Waals surface area contributed by atoms with Crippen LogP contribution in [0, 0.1) is 6.42 Å². The molecule has 2 rings (SSSR count). The second-order valence-electron chi connectivity index (χ2n) is 3.55. The van der Waals surface area contributed by atoms with Crippen molar-refractivity contribution in [3.63, 3.8) is 0 Å². The van der Waals surface area contributed by atoms with E-state index in [9.17, 15) is 0 Å². The zero-order valence-electron chi connectivity index (χ0n) is 7.82. The van der Waals surface area contributed by atoms with E-state index in [4.69, 9.17) is 0 Å². The van der Waals surface area contributed by atoms with Gasteiger partial charge in [0.25, 0.3) is 0 Å². The molecule has 1 saturated carbocycles. The third-order valence-electron chi connectivity index (χ3n) is 2.71. The van der Waals surface area contributed by atoms with Crippen LogP contribution in [0.5, 0.6) is 0 Å². The van der Waals surface area contributed by atoms with Crippen LogP contribution in [0.1, 0.15) is 37.2 Å². The molecule has 0 aromatic heterocycles. The number of hydrogen-bond acceptors (Lipinski definition) is 0. The number of hydrogen-bond donors (Lipinski definition) is 0. The quantitative estimate of drug-likeness (QED) is 0.622. The Hall–Kier alpha value is -0.196. The molecule has 1 aliphatic carbocycles. The Labute approximate surface area is 92.6 Å². The van der Waals surface area contributed by atoms with Gasteiger partial charge in [0, 0.05) is 18.6 Å². The molecule has 13 heavy (non-hydrogen) atoms. The van der Waals surface area contributed by atoms with Crippen molar-refractivity contribution < 1.29 is 18.6 Å². The summed E-state index contributed by atoms with van der Waals surface area (Å²) in [5, 5.41) is 0. The fraction of sp³-hybridized carbons (Fsp3) is 0.417. The summed E-state index contributed by atoms with van der Waals surface area (Å²) in [4.78, 5) is 0. The average molecular weight is 210 g/mol. The monoisotopic (exact) mass is 210 g/mol. The van der Waals surface area contributed by atoms with E-state index in [0.717, 1.165) is 5.92 Å². The Balaban J connectivity index is 0.000000845. The maximum Gasteiger partial charge on any atom is 0 e. The molecular formula is C12H15V-. The maximum atomic E-state index is 2.42. The summed E-state index contributed by atoms with van der Waals surface area (Å²) >= 11 is 0. The van der Waals surface area contributed by atoms with E-state index in [1.54, 1.807) is 0 Å². The molecule has 1 aromatic carbocycles. The molecule has 0 N–H and O–H groups in total. The second kappa shape index (κ2) is 5.52. The average Bonchev–Trinajstić information content (AvgIpc) is 2.21. The van der Waals surface area contributed by atoms with E-state index in [1.165, 1.54) is 31.2 Å². The SMILES string of the molecule is [V].c1ccc(C2CC[CH-]CC2)cc1. The molecule has 1 heteroatoms. The van der Waals surface area contributed by atoms with E-state index >= 15 is 0 Å². The van der Waals surface area contributed by atoms with Gasteiger partial charge in [0.2, 0.25) is 0 Å². The van der Waals surface area contributed by atoms with Gasteiger partial charge in [0.1, 0.15) is 0 Å². The summed E-state index contributed by atoms with van der Waals surface area (Å²) in [5.74, 6) is 0.830. The van der Waals surface area contributed by atoms with Crippen LogP contribution < -0.4 is 0 Å². The molecule has 0 amide bonds. The molecule has 0 nitrogen and oxygen atoms in total. The number of benzene rings is 1. The largest absolute Gasteiger partial charge is 0.328 e. The molecule has 1 aliphatic rings. The van der Waals surface area contributed by atoms with Crippen LogP contribution in [0.4, 0.5) is 0 Å². The summed E-state index contributed by atoms with van der Waals surface area (Å²) in [7, 11) is 0.